The number of anilines is 1. The first kappa shape index (κ1) is 20.0. The summed E-state index contributed by atoms with van der Waals surface area (Å²) in [6, 6.07) is 16.7. The van der Waals surface area contributed by atoms with Gasteiger partial charge in [-0.05, 0) is 79.9 Å². The molecule has 1 heterocycles. The van der Waals surface area contributed by atoms with Gasteiger partial charge in [-0.3, -0.25) is 4.79 Å². The Morgan fingerprint density at radius 2 is 1.80 bits per heavy atom. The van der Waals surface area contributed by atoms with Crippen LogP contribution in [0.25, 0.3) is 22.6 Å². The van der Waals surface area contributed by atoms with Crippen LogP contribution in [0.1, 0.15) is 16.7 Å². The van der Waals surface area contributed by atoms with Crippen LogP contribution >= 0.6 is 11.6 Å². The van der Waals surface area contributed by atoms with Crippen molar-refractivity contribution in [2.45, 2.75) is 20.8 Å². The molecule has 0 fully saturated rings. The number of hydrogen-bond acceptors (Lipinski definition) is 4. The molecule has 0 bridgehead atoms. The molecule has 6 heteroatoms. The van der Waals surface area contributed by atoms with Crippen LogP contribution in [0, 0.1) is 20.8 Å². The number of carbonyl (C=O) groups is 1. The van der Waals surface area contributed by atoms with Gasteiger partial charge < -0.3 is 14.5 Å². The van der Waals surface area contributed by atoms with Gasteiger partial charge in [-0.1, -0.05) is 23.7 Å². The van der Waals surface area contributed by atoms with Crippen molar-refractivity contribution < 1.29 is 13.9 Å². The number of ether oxygens (including phenoxy) is 1. The molecule has 1 N–H and O–H groups in total. The van der Waals surface area contributed by atoms with Gasteiger partial charge in [-0.2, -0.15) is 0 Å². The maximum absolute atomic E-state index is 12.3. The van der Waals surface area contributed by atoms with Crippen LogP contribution in [0.2, 0.25) is 5.02 Å². The zero-order chi connectivity index (χ0) is 21.3. The molecular formula is C24H21ClN2O3. The molecule has 0 saturated heterocycles. The molecule has 152 valence electrons. The van der Waals surface area contributed by atoms with Gasteiger partial charge in [-0.15, -0.1) is 0 Å². The van der Waals surface area contributed by atoms with Gasteiger partial charge in [0.2, 0.25) is 5.89 Å². The van der Waals surface area contributed by atoms with E-state index in [1.165, 1.54) is 5.56 Å². The van der Waals surface area contributed by atoms with Gasteiger partial charge in [0.05, 0.1) is 0 Å². The molecule has 0 aliphatic carbocycles. The Bertz CT molecular complexity index is 1250. The molecule has 1 amide bonds. The van der Waals surface area contributed by atoms with Crippen LogP contribution in [0.15, 0.2) is 59.0 Å². The van der Waals surface area contributed by atoms with Crippen LogP contribution in [0.4, 0.5) is 5.69 Å². The summed E-state index contributed by atoms with van der Waals surface area (Å²) in [5.41, 5.74) is 5.99. The van der Waals surface area contributed by atoms with Crippen molar-refractivity contribution in [3.8, 4) is 17.2 Å². The number of aryl methyl sites for hydroxylation is 3. The lowest BCUT2D eigenvalue weighted by molar-refractivity contribution is -0.118. The molecule has 0 aliphatic heterocycles. The zero-order valence-corrected chi connectivity index (χ0v) is 17.7. The van der Waals surface area contributed by atoms with Gasteiger partial charge in [0.15, 0.2) is 12.2 Å². The van der Waals surface area contributed by atoms with Crippen LogP contribution in [-0.4, -0.2) is 17.5 Å². The van der Waals surface area contributed by atoms with Crippen molar-refractivity contribution in [3.05, 3.63) is 76.3 Å². The third-order valence-electron chi connectivity index (χ3n) is 4.94. The van der Waals surface area contributed by atoms with Gasteiger partial charge in [-0.25, -0.2) is 4.98 Å². The number of fused-ring (bicyclic) bond motifs is 1. The molecule has 0 unspecified atom stereocenters. The van der Waals surface area contributed by atoms with Crippen molar-refractivity contribution >= 4 is 34.3 Å². The minimum absolute atomic E-state index is 0.0769. The first-order valence-electron chi connectivity index (χ1n) is 9.56. The number of halogens is 1. The fourth-order valence-electron chi connectivity index (χ4n) is 3.00. The number of rotatable bonds is 5. The van der Waals surface area contributed by atoms with E-state index < -0.39 is 0 Å². The Labute approximate surface area is 179 Å². The van der Waals surface area contributed by atoms with Crippen molar-refractivity contribution in [2.75, 3.05) is 11.9 Å². The van der Waals surface area contributed by atoms with E-state index in [2.05, 4.69) is 10.3 Å². The van der Waals surface area contributed by atoms with Crippen molar-refractivity contribution in [1.29, 1.82) is 0 Å². The highest BCUT2D eigenvalue weighted by atomic mass is 35.5. The van der Waals surface area contributed by atoms with E-state index >= 15 is 0 Å². The molecular weight excluding hydrogens is 400 g/mol. The molecule has 3 aromatic carbocycles. The zero-order valence-electron chi connectivity index (χ0n) is 17.0. The minimum Gasteiger partial charge on any atom is -0.484 e. The molecule has 0 atom stereocenters. The predicted molar refractivity (Wildman–Crippen MR) is 119 cm³/mol. The number of benzene rings is 3. The van der Waals surface area contributed by atoms with E-state index in [0.717, 1.165) is 16.7 Å². The average molecular weight is 421 g/mol. The number of oxazole rings is 1. The third kappa shape index (κ3) is 4.31. The van der Waals surface area contributed by atoms with Crippen LogP contribution in [-0.2, 0) is 4.79 Å². The van der Waals surface area contributed by atoms with E-state index in [1.807, 2.05) is 57.2 Å². The number of nitrogens with zero attached hydrogens (tertiary/aromatic N) is 1. The summed E-state index contributed by atoms with van der Waals surface area (Å²) in [5, 5.41) is 3.49. The Kier molecular flexibility index (Phi) is 5.46. The first-order chi connectivity index (χ1) is 14.4. The molecule has 5 nitrogen and oxygen atoms in total. The molecule has 0 aliphatic rings. The Hall–Kier alpha value is -3.31. The van der Waals surface area contributed by atoms with Crippen molar-refractivity contribution in [3.63, 3.8) is 0 Å². The summed E-state index contributed by atoms with van der Waals surface area (Å²) < 4.78 is 11.4. The maximum Gasteiger partial charge on any atom is 0.262 e. The summed E-state index contributed by atoms with van der Waals surface area (Å²) in [4.78, 5) is 16.8. The second kappa shape index (κ2) is 8.20. The van der Waals surface area contributed by atoms with E-state index in [-0.39, 0.29) is 12.5 Å². The van der Waals surface area contributed by atoms with Gasteiger partial charge in [0.1, 0.15) is 11.3 Å². The highest BCUT2D eigenvalue weighted by Gasteiger charge is 2.11. The summed E-state index contributed by atoms with van der Waals surface area (Å²) in [7, 11) is 0. The molecule has 4 aromatic rings. The molecule has 30 heavy (non-hydrogen) atoms. The van der Waals surface area contributed by atoms with Gasteiger partial charge in [0, 0.05) is 16.3 Å². The minimum atomic E-state index is -0.249. The lowest BCUT2D eigenvalue weighted by Gasteiger charge is -2.09. The fourth-order valence-corrected chi connectivity index (χ4v) is 3.18. The monoisotopic (exact) mass is 420 g/mol. The van der Waals surface area contributed by atoms with Crippen molar-refractivity contribution in [2.24, 2.45) is 0 Å². The molecule has 0 spiro atoms. The fraction of sp³-hybridized carbons (Fsp3) is 0.167. The van der Waals surface area contributed by atoms with Crippen LogP contribution < -0.4 is 10.1 Å². The topological polar surface area (TPSA) is 64.4 Å². The van der Waals surface area contributed by atoms with E-state index in [9.17, 15) is 4.79 Å². The summed E-state index contributed by atoms with van der Waals surface area (Å²) in [6.45, 7) is 5.90. The van der Waals surface area contributed by atoms with Crippen LogP contribution in [0.5, 0.6) is 5.75 Å². The molecule has 1 aromatic heterocycles. The average Bonchev–Trinajstić information content (AvgIpc) is 3.14. The Morgan fingerprint density at radius 3 is 2.57 bits per heavy atom. The number of nitrogens with one attached hydrogen (secondary N) is 1. The molecule has 4 rings (SSSR count). The first-order valence-corrected chi connectivity index (χ1v) is 9.94. The van der Waals surface area contributed by atoms with Gasteiger partial charge >= 0.3 is 0 Å². The van der Waals surface area contributed by atoms with Crippen molar-refractivity contribution in [1.82, 2.24) is 4.98 Å². The lowest BCUT2D eigenvalue weighted by atomic mass is 10.1. The van der Waals surface area contributed by atoms with Crippen LogP contribution in [0.3, 0.4) is 0 Å². The smallest absolute Gasteiger partial charge is 0.262 e. The maximum atomic E-state index is 12.3. The number of hydrogen-bond donors (Lipinski definition) is 1. The summed E-state index contributed by atoms with van der Waals surface area (Å²) in [6.07, 6.45) is 0. The highest BCUT2D eigenvalue weighted by molar-refractivity contribution is 6.31. The number of carbonyl (C=O) groups excluding carboxylic acids is 1. The Morgan fingerprint density at radius 1 is 1.00 bits per heavy atom. The quantitative estimate of drug-likeness (QED) is 0.424. The summed E-state index contributed by atoms with van der Waals surface area (Å²) >= 11 is 6.21. The Balaban J connectivity index is 1.45. The largest absolute Gasteiger partial charge is 0.484 e. The predicted octanol–water partition coefficient (Wildman–Crippen LogP) is 6.09. The highest BCUT2D eigenvalue weighted by Crippen LogP contribution is 2.29. The number of amides is 1. The molecule has 0 radical (unpaired) electrons. The SMILES string of the molecule is Cc1ccc(OCC(=O)Nc2ccc3oc(-c4ccc(C)c(Cl)c4)nc3c2)cc1C. The van der Waals surface area contributed by atoms with E-state index in [4.69, 9.17) is 20.8 Å². The second-order valence-corrected chi connectivity index (χ2v) is 7.66. The summed E-state index contributed by atoms with van der Waals surface area (Å²) in [5.74, 6) is 0.900. The normalized spacial score (nSPS) is 10.9. The second-order valence-electron chi connectivity index (χ2n) is 7.25. The standard InChI is InChI=1S/C24H21ClN2O3/c1-14-5-8-19(10-16(14)3)29-13-23(28)26-18-7-9-22-21(12-18)27-24(30-22)17-6-4-15(2)20(25)11-17/h4-12H,13H2,1-3H3,(H,26,28). The van der Waals surface area contributed by atoms with Gasteiger partial charge in [0.25, 0.3) is 5.91 Å². The van der Waals surface area contributed by atoms with E-state index in [0.29, 0.717) is 33.4 Å². The molecule has 0 saturated carbocycles. The number of aromatic nitrogens is 1. The lowest BCUT2D eigenvalue weighted by Crippen LogP contribution is -2.20. The van der Waals surface area contributed by atoms with E-state index in [1.54, 1.807) is 18.2 Å². The third-order valence-corrected chi connectivity index (χ3v) is 5.35.